The zero-order valence-corrected chi connectivity index (χ0v) is 12.9. The van der Waals surface area contributed by atoms with E-state index in [1.807, 2.05) is 12.2 Å². The van der Waals surface area contributed by atoms with Crippen molar-refractivity contribution in [3.05, 3.63) is 45.5 Å². The Bertz CT molecular complexity index is 659. The topological polar surface area (TPSA) is 98.5 Å². The second kappa shape index (κ2) is 7.73. The summed E-state index contributed by atoms with van der Waals surface area (Å²) in [4.78, 5) is 33.9. The standard InChI is InChI=1S/C15H15ClN2O5/c16-11-6-7-12(13(8-11)18(21)22)17-14(19)9-23-15(20)10-4-2-1-3-5-10/h1-2,6-8,10H,3-5,9H2,(H,17,19)/t10-/m1/s1. The minimum absolute atomic E-state index is 0.000971. The van der Waals surface area contributed by atoms with Crippen molar-refractivity contribution in [2.24, 2.45) is 5.92 Å². The van der Waals surface area contributed by atoms with Crippen LogP contribution in [0.1, 0.15) is 19.3 Å². The van der Waals surface area contributed by atoms with E-state index in [0.29, 0.717) is 12.8 Å². The molecule has 1 amide bonds. The predicted molar refractivity (Wildman–Crippen MR) is 84.2 cm³/mol. The minimum atomic E-state index is -0.651. The number of esters is 1. The molecule has 0 unspecified atom stereocenters. The summed E-state index contributed by atoms with van der Waals surface area (Å²) in [5, 5.41) is 13.5. The lowest BCUT2D eigenvalue weighted by Crippen LogP contribution is -2.25. The van der Waals surface area contributed by atoms with Crippen LogP contribution < -0.4 is 5.32 Å². The number of rotatable bonds is 5. The molecule has 0 radical (unpaired) electrons. The van der Waals surface area contributed by atoms with E-state index in [4.69, 9.17) is 16.3 Å². The Morgan fingerprint density at radius 1 is 1.39 bits per heavy atom. The highest BCUT2D eigenvalue weighted by Gasteiger charge is 2.22. The third-order valence-corrected chi connectivity index (χ3v) is 3.61. The Morgan fingerprint density at radius 2 is 2.17 bits per heavy atom. The van der Waals surface area contributed by atoms with Gasteiger partial charge in [0.05, 0.1) is 10.8 Å². The molecule has 7 nitrogen and oxygen atoms in total. The van der Waals surface area contributed by atoms with Crippen LogP contribution in [0.25, 0.3) is 0 Å². The van der Waals surface area contributed by atoms with Gasteiger partial charge in [0.25, 0.3) is 11.6 Å². The Hall–Kier alpha value is -2.41. The highest BCUT2D eigenvalue weighted by atomic mass is 35.5. The first-order chi connectivity index (χ1) is 11.0. The lowest BCUT2D eigenvalue weighted by Gasteiger charge is -2.16. The summed E-state index contributed by atoms with van der Waals surface area (Å²) in [6, 6.07) is 3.88. The van der Waals surface area contributed by atoms with Crippen molar-refractivity contribution in [3.63, 3.8) is 0 Å². The average Bonchev–Trinajstić information content (AvgIpc) is 2.55. The molecule has 0 spiro atoms. The molecule has 0 aromatic heterocycles. The molecule has 1 aromatic carbocycles. The van der Waals surface area contributed by atoms with E-state index in [1.54, 1.807) is 0 Å². The van der Waals surface area contributed by atoms with Gasteiger partial charge in [-0.15, -0.1) is 0 Å². The van der Waals surface area contributed by atoms with Gasteiger partial charge in [-0.05, 0) is 31.4 Å². The van der Waals surface area contributed by atoms with E-state index in [2.05, 4.69) is 5.32 Å². The zero-order chi connectivity index (χ0) is 16.8. The van der Waals surface area contributed by atoms with E-state index >= 15 is 0 Å². The number of nitrogens with zero attached hydrogens (tertiary/aromatic N) is 1. The van der Waals surface area contributed by atoms with Gasteiger partial charge in [0.2, 0.25) is 0 Å². The highest BCUT2D eigenvalue weighted by molar-refractivity contribution is 6.31. The maximum absolute atomic E-state index is 11.8. The molecule has 1 aromatic rings. The molecule has 0 saturated heterocycles. The average molecular weight is 339 g/mol. The first-order valence-corrected chi connectivity index (χ1v) is 7.40. The number of hydrogen-bond donors (Lipinski definition) is 1. The molecule has 0 heterocycles. The van der Waals surface area contributed by atoms with Crippen LogP contribution in [0.3, 0.4) is 0 Å². The van der Waals surface area contributed by atoms with E-state index in [9.17, 15) is 19.7 Å². The Morgan fingerprint density at radius 3 is 2.83 bits per heavy atom. The van der Waals surface area contributed by atoms with Crippen molar-refractivity contribution in [2.45, 2.75) is 19.3 Å². The molecule has 2 rings (SSSR count). The minimum Gasteiger partial charge on any atom is -0.455 e. The fraction of sp³-hybridized carbons (Fsp3) is 0.333. The summed E-state index contributed by atoms with van der Waals surface area (Å²) in [7, 11) is 0. The molecule has 1 atom stereocenters. The maximum atomic E-state index is 11.8. The second-order valence-electron chi connectivity index (χ2n) is 5.06. The van der Waals surface area contributed by atoms with E-state index < -0.39 is 23.4 Å². The van der Waals surface area contributed by atoms with Gasteiger partial charge in [-0.25, -0.2) is 0 Å². The monoisotopic (exact) mass is 338 g/mol. The van der Waals surface area contributed by atoms with Crippen LogP contribution in [0.5, 0.6) is 0 Å². The Balaban J connectivity index is 1.91. The lowest BCUT2D eigenvalue weighted by atomic mass is 9.95. The summed E-state index contributed by atoms with van der Waals surface area (Å²) in [5.41, 5.74) is -0.323. The number of halogens is 1. The summed E-state index contributed by atoms with van der Waals surface area (Å²) in [6.45, 7) is -0.487. The molecule has 1 aliphatic rings. The van der Waals surface area contributed by atoms with Crippen molar-refractivity contribution >= 4 is 34.9 Å². The largest absolute Gasteiger partial charge is 0.455 e. The highest BCUT2D eigenvalue weighted by Crippen LogP contribution is 2.27. The zero-order valence-electron chi connectivity index (χ0n) is 12.2. The van der Waals surface area contributed by atoms with Crippen molar-refractivity contribution in [1.82, 2.24) is 0 Å². The van der Waals surface area contributed by atoms with Gasteiger partial charge in [0.1, 0.15) is 5.69 Å². The number of carbonyl (C=O) groups excluding carboxylic acids is 2. The molecule has 0 saturated carbocycles. The molecule has 0 aliphatic heterocycles. The van der Waals surface area contributed by atoms with Crippen molar-refractivity contribution in [1.29, 1.82) is 0 Å². The van der Waals surface area contributed by atoms with Crippen molar-refractivity contribution in [3.8, 4) is 0 Å². The number of ether oxygens (including phenoxy) is 1. The van der Waals surface area contributed by atoms with Crippen LogP contribution in [0, 0.1) is 16.0 Å². The number of hydrogen-bond acceptors (Lipinski definition) is 5. The van der Waals surface area contributed by atoms with E-state index in [-0.39, 0.29) is 22.3 Å². The molecule has 122 valence electrons. The molecular weight excluding hydrogens is 324 g/mol. The van der Waals surface area contributed by atoms with Crippen LogP contribution in [0.2, 0.25) is 5.02 Å². The first-order valence-electron chi connectivity index (χ1n) is 7.03. The molecule has 1 aliphatic carbocycles. The predicted octanol–water partition coefficient (Wildman–Crippen LogP) is 3.09. The summed E-state index contributed by atoms with van der Waals surface area (Å²) < 4.78 is 4.96. The van der Waals surface area contributed by atoms with Crippen molar-refractivity contribution in [2.75, 3.05) is 11.9 Å². The van der Waals surface area contributed by atoms with Gasteiger partial charge in [-0.2, -0.15) is 0 Å². The smallest absolute Gasteiger partial charge is 0.309 e. The number of nitro benzene ring substituents is 1. The van der Waals surface area contributed by atoms with Gasteiger partial charge in [-0.3, -0.25) is 19.7 Å². The molecule has 0 bridgehead atoms. The Labute approximate surface area is 137 Å². The van der Waals surface area contributed by atoms with Crippen molar-refractivity contribution < 1.29 is 19.2 Å². The molecule has 23 heavy (non-hydrogen) atoms. The lowest BCUT2D eigenvalue weighted by molar-refractivity contribution is -0.383. The SMILES string of the molecule is O=C(COC(=O)[C@@H]1CC=CCC1)Nc1ccc(Cl)cc1[N+](=O)[O-]. The van der Waals surface area contributed by atoms with E-state index in [0.717, 1.165) is 12.5 Å². The first kappa shape index (κ1) is 17.0. The fourth-order valence-electron chi connectivity index (χ4n) is 2.21. The second-order valence-corrected chi connectivity index (χ2v) is 5.49. The normalized spacial score (nSPS) is 16.7. The van der Waals surface area contributed by atoms with Crippen LogP contribution in [0.15, 0.2) is 30.4 Å². The molecule has 0 fully saturated rings. The molecule has 8 heteroatoms. The van der Waals surface area contributed by atoms with Gasteiger partial charge >= 0.3 is 5.97 Å². The number of amides is 1. The number of allylic oxidation sites excluding steroid dienone is 2. The Kier molecular flexibility index (Phi) is 5.70. The van der Waals surface area contributed by atoms with Gasteiger partial charge in [-0.1, -0.05) is 23.8 Å². The van der Waals surface area contributed by atoms with Gasteiger partial charge in [0.15, 0.2) is 6.61 Å². The third kappa shape index (κ3) is 4.79. The third-order valence-electron chi connectivity index (χ3n) is 3.38. The molecular formula is C15H15ClN2O5. The van der Waals surface area contributed by atoms with Crippen LogP contribution in [0.4, 0.5) is 11.4 Å². The number of anilines is 1. The number of benzene rings is 1. The van der Waals surface area contributed by atoms with Gasteiger partial charge in [0, 0.05) is 11.1 Å². The quantitative estimate of drug-likeness (QED) is 0.385. The summed E-state index contributed by atoms with van der Waals surface area (Å²) in [5.74, 6) is -1.32. The number of nitrogens with one attached hydrogen (secondary N) is 1. The van der Waals surface area contributed by atoms with E-state index in [1.165, 1.54) is 12.1 Å². The van der Waals surface area contributed by atoms with Crippen LogP contribution in [-0.2, 0) is 14.3 Å². The maximum Gasteiger partial charge on any atom is 0.309 e. The number of nitro groups is 1. The van der Waals surface area contributed by atoms with Gasteiger partial charge < -0.3 is 10.1 Å². The summed E-state index contributed by atoms with van der Waals surface area (Å²) >= 11 is 5.69. The fourth-order valence-corrected chi connectivity index (χ4v) is 2.38. The number of carbonyl (C=O) groups is 2. The van der Waals surface area contributed by atoms with Crippen LogP contribution in [-0.4, -0.2) is 23.4 Å². The molecule has 1 N–H and O–H groups in total. The van der Waals surface area contributed by atoms with Crippen LogP contribution >= 0.6 is 11.6 Å². The summed E-state index contributed by atoms with van der Waals surface area (Å²) in [6.07, 6.45) is 6.01.